The quantitative estimate of drug-likeness (QED) is 0.443. The van der Waals surface area contributed by atoms with Gasteiger partial charge in [0.05, 0.1) is 15.6 Å². The summed E-state index contributed by atoms with van der Waals surface area (Å²) in [6.07, 6.45) is 2.53. The Morgan fingerprint density at radius 1 is 1.08 bits per heavy atom. The Kier molecular flexibility index (Phi) is 5.07. The maximum Gasteiger partial charge on any atom is 0.534 e. The van der Waals surface area contributed by atoms with Crippen molar-refractivity contribution in [2.24, 2.45) is 0 Å². The van der Waals surface area contributed by atoms with Crippen LogP contribution in [0.1, 0.15) is 15.9 Å². The van der Waals surface area contributed by atoms with Gasteiger partial charge in [-0.1, -0.05) is 23.2 Å². The van der Waals surface area contributed by atoms with Gasteiger partial charge in [0.25, 0.3) is 0 Å². The van der Waals surface area contributed by atoms with E-state index in [4.69, 9.17) is 23.2 Å². The molecule has 0 saturated heterocycles. The summed E-state index contributed by atoms with van der Waals surface area (Å²) in [5.41, 5.74) is -6.28. The zero-order valence-corrected chi connectivity index (χ0v) is 13.7. The van der Waals surface area contributed by atoms with Gasteiger partial charge in [-0.25, -0.2) is 0 Å². The van der Waals surface area contributed by atoms with E-state index in [9.17, 15) is 26.4 Å². The molecule has 2 aromatic rings. The summed E-state index contributed by atoms with van der Waals surface area (Å²) in [6.45, 7) is 0. The SMILES string of the molecule is O=C(c1ccncc1)c1c(OS(=O)(=O)C(F)(F)F)ccc(Cl)c1Cl. The highest BCUT2D eigenvalue weighted by molar-refractivity contribution is 7.88. The van der Waals surface area contributed by atoms with E-state index < -0.39 is 37.7 Å². The molecule has 0 aliphatic carbocycles. The molecular formula is C13H6Cl2F3NO4S. The molecular weight excluding hydrogens is 394 g/mol. The number of nitrogens with zero attached hydrogens (tertiary/aromatic N) is 1. The second-order valence-corrected chi connectivity index (χ2v) is 6.61. The number of hydrogen-bond acceptors (Lipinski definition) is 5. The van der Waals surface area contributed by atoms with Gasteiger partial charge in [0.1, 0.15) is 0 Å². The van der Waals surface area contributed by atoms with Crippen molar-refractivity contribution in [2.75, 3.05) is 0 Å². The number of pyridine rings is 1. The monoisotopic (exact) mass is 399 g/mol. The second kappa shape index (κ2) is 6.58. The minimum atomic E-state index is -5.98. The number of halogens is 5. The average molecular weight is 400 g/mol. The van der Waals surface area contributed by atoms with Crippen molar-refractivity contribution in [1.29, 1.82) is 0 Å². The predicted octanol–water partition coefficient (Wildman–Crippen LogP) is 3.85. The minimum Gasteiger partial charge on any atom is -0.375 e. The first-order chi connectivity index (χ1) is 11.0. The van der Waals surface area contributed by atoms with E-state index in [0.717, 1.165) is 12.1 Å². The van der Waals surface area contributed by atoms with Crippen molar-refractivity contribution >= 4 is 39.1 Å². The number of rotatable bonds is 4. The summed E-state index contributed by atoms with van der Waals surface area (Å²) in [4.78, 5) is 16.1. The zero-order valence-electron chi connectivity index (χ0n) is 11.3. The Morgan fingerprint density at radius 3 is 2.21 bits per heavy atom. The van der Waals surface area contributed by atoms with E-state index in [1.54, 1.807) is 0 Å². The van der Waals surface area contributed by atoms with Crippen LogP contribution in [0.4, 0.5) is 13.2 Å². The summed E-state index contributed by atoms with van der Waals surface area (Å²) >= 11 is 11.6. The molecule has 0 amide bonds. The van der Waals surface area contributed by atoms with Crippen molar-refractivity contribution in [1.82, 2.24) is 4.98 Å². The van der Waals surface area contributed by atoms with Crippen LogP contribution in [-0.2, 0) is 10.1 Å². The van der Waals surface area contributed by atoms with Crippen LogP contribution >= 0.6 is 23.2 Å². The molecule has 0 saturated carbocycles. The Hall–Kier alpha value is -1.84. The van der Waals surface area contributed by atoms with Crippen LogP contribution in [0.25, 0.3) is 0 Å². The average Bonchev–Trinajstić information content (AvgIpc) is 2.50. The fraction of sp³-hybridized carbons (Fsp3) is 0.0769. The highest BCUT2D eigenvalue weighted by Gasteiger charge is 2.49. The van der Waals surface area contributed by atoms with Crippen LogP contribution in [0.15, 0.2) is 36.7 Å². The van der Waals surface area contributed by atoms with Crippen LogP contribution in [0.2, 0.25) is 10.0 Å². The molecule has 1 heterocycles. The fourth-order valence-corrected chi connectivity index (χ4v) is 2.50. The molecule has 0 radical (unpaired) electrons. The van der Waals surface area contributed by atoms with Gasteiger partial charge in [-0.05, 0) is 24.3 Å². The van der Waals surface area contributed by atoms with E-state index in [0.29, 0.717) is 0 Å². The van der Waals surface area contributed by atoms with Gasteiger partial charge in [0.2, 0.25) is 0 Å². The second-order valence-electron chi connectivity index (χ2n) is 4.28. The number of benzene rings is 1. The maximum atomic E-state index is 12.5. The highest BCUT2D eigenvalue weighted by atomic mass is 35.5. The lowest BCUT2D eigenvalue weighted by atomic mass is 10.0. The first-order valence-corrected chi connectivity index (χ1v) is 8.14. The highest BCUT2D eigenvalue weighted by Crippen LogP contribution is 2.37. The lowest BCUT2D eigenvalue weighted by Gasteiger charge is -2.14. The van der Waals surface area contributed by atoms with Crippen LogP contribution < -0.4 is 4.18 Å². The minimum absolute atomic E-state index is 0.00317. The van der Waals surface area contributed by atoms with E-state index in [1.165, 1.54) is 24.5 Å². The molecule has 24 heavy (non-hydrogen) atoms. The Morgan fingerprint density at radius 2 is 1.67 bits per heavy atom. The molecule has 2 rings (SSSR count). The Balaban J connectivity index is 2.59. The summed E-state index contributed by atoms with van der Waals surface area (Å²) in [5.74, 6) is -1.76. The van der Waals surface area contributed by atoms with Gasteiger partial charge in [-0.15, -0.1) is 0 Å². The molecule has 0 spiro atoms. The third-order valence-electron chi connectivity index (χ3n) is 2.71. The lowest BCUT2D eigenvalue weighted by Crippen LogP contribution is -2.28. The van der Waals surface area contributed by atoms with Crippen molar-refractivity contribution in [3.8, 4) is 5.75 Å². The van der Waals surface area contributed by atoms with Gasteiger partial charge < -0.3 is 4.18 Å². The molecule has 0 N–H and O–H groups in total. The first kappa shape index (κ1) is 18.5. The third-order valence-corrected chi connectivity index (χ3v) is 4.48. The van der Waals surface area contributed by atoms with Crippen molar-refractivity contribution in [2.45, 2.75) is 5.51 Å². The molecule has 1 aromatic heterocycles. The molecule has 0 bridgehead atoms. The summed E-state index contributed by atoms with van der Waals surface area (Å²) < 4.78 is 63.9. The molecule has 128 valence electrons. The van der Waals surface area contributed by atoms with Crippen LogP contribution in [0.5, 0.6) is 5.75 Å². The Bertz CT molecular complexity index is 886. The van der Waals surface area contributed by atoms with E-state index in [-0.39, 0.29) is 10.6 Å². The number of alkyl halides is 3. The van der Waals surface area contributed by atoms with E-state index in [1.807, 2.05) is 0 Å². The molecule has 1 aromatic carbocycles. The van der Waals surface area contributed by atoms with Gasteiger partial charge >= 0.3 is 15.6 Å². The molecule has 0 unspecified atom stereocenters. The van der Waals surface area contributed by atoms with Gasteiger partial charge in [-0.2, -0.15) is 21.6 Å². The van der Waals surface area contributed by atoms with Crippen LogP contribution in [-0.4, -0.2) is 24.7 Å². The number of ketones is 1. The van der Waals surface area contributed by atoms with Crippen molar-refractivity contribution in [3.63, 3.8) is 0 Å². The van der Waals surface area contributed by atoms with Gasteiger partial charge in [0, 0.05) is 18.0 Å². The van der Waals surface area contributed by atoms with Gasteiger partial charge in [-0.3, -0.25) is 9.78 Å². The smallest absolute Gasteiger partial charge is 0.375 e. The normalized spacial score (nSPS) is 12.0. The van der Waals surface area contributed by atoms with Crippen LogP contribution in [0, 0.1) is 0 Å². The fourth-order valence-electron chi connectivity index (χ4n) is 1.63. The third kappa shape index (κ3) is 3.63. The number of carbonyl (C=O) groups is 1. The molecule has 0 fully saturated rings. The summed E-state index contributed by atoms with van der Waals surface area (Å²) in [5, 5.41) is -0.598. The van der Waals surface area contributed by atoms with Crippen LogP contribution in [0.3, 0.4) is 0 Å². The summed E-state index contributed by atoms with van der Waals surface area (Å²) in [6, 6.07) is 4.35. The first-order valence-electron chi connectivity index (χ1n) is 5.98. The largest absolute Gasteiger partial charge is 0.534 e. The van der Waals surface area contributed by atoms with Crippen molar-refractivity contribution < 1.29 is 30.6 Å². The number of aromatic nitrogens is 1. The van der Waals surface area contributed by atoms with Gasteiger partial charge in [0.15, 0.2) is 11.5 Å². The topological polar surface area (TPSA) is 73.3 Å². The predicted molar refractivity (Wildman–Crippen MR) is 79.7 cm³/mol. The molecule has 0 aliphatic heterocycles. The molecule has 0 aliphatic rings. The molecule has 11 heteroatoms. The number of carbonyl (C=O) groups excluding carboxylic acids is 1. The molecule has 0 atom stereocenters. The molecule has 5 nitrogen and oxygen atoms in total. The maximum absolute atomic E-state index is 12.5. The Labute approximate surface area is 144 Å². The number of hydrogen-bond donors (Lipinski definition) is 0. The lowest BCUT2D eigenvalue weighted by molar-refractivity contribution is -0.0500. The van der Waals surface area contributed by atoms with E-state index >= 15 is 0 Å². The summed E-state index contributed by atoms with van der Waals surface area (Å²) in [7, 11) is -5.98. The van der Waals surface area contributed by atoms with Crippen molar-refractivity contribution in [3.05, 3.63) is 57.8 Å². The zero-order chi connectivity index (χ0) is 18.1. The van der Waals surface area contributed by atoms with E-state index in [2.05, 4.69) is 9.17 Å². The standard InChI is InChI=1S/C13H6Cl2F3NO4S/c14-8-1-2-9(23-24(21,22)13(16,17)18)10(11(8)15)12(20)7-3-5-19-6-4-7/h1-6H.